The summed E-state index contributed by atoms with van der Waals surface area (Å²) in [6.07, 6.45) is 0.324. The van der Waals surface area contributed by atoms with Gasteiger partial charge in [0.25, 0.3) is 0 Å². The number of hydrogen-bond donors (Lipinski definition) is 1. The summed E-state index contributed by atoms with van der Waals surface area (Å²) in [7, 11) is 3.26. The van der Waals surface area contributed by atoms with Gasteiger partial charge in [-0.05, 0) is 32.0 Å². The molecular weight excluding hydrogens is 284 g/mol. The van der Waals surface area contributed by atoms with E-state index in [4.69, 9.17) is 4.74 Å². The van der Waals surface area contributed by atoms with Crippen molar-refractivity contribution in [3.8, 4) is 10.4 Å². The lowest BCUT2D eigenvalue weighted by Crippen LogP contribution is -2.20. The number of benzene rings is 1. The van der Waals surface area contributed by atoms with Gasteiger partial charge in [-0.2, -0.15) is 0 Å². The third kappa shape index (κ3) is 3.68. The number of methoxy groups -OCH3 is 1. The Labute approximate surface area is 129 Å². The van der Waals surface area contributed by atoms with E-state index in [0.29, 0.717) is 6.42 Å². The van der Waals surface area contributed by atoms with Crippen molar-refractivity contribution in [2.45, 2.75) is 26.3 Å². The van der Waals surface area contributed by atoms with Crippen LogP contribution in [-0.2, 0) is 9.53 Å². The Hall–Kier alpha value is -1.72. The summed E-state index contributed by atoms with van der Waals surface area (Å²) in [5.41, 5.74) is 3.30. The average Bonchev–Trinajstić information content (AvgIpc) is 2.83. The molecule has 0 aliphatic heterocycles. The van der Waals surface area contributed by atoms with E-state index < -0.39 is 0 Å². The van der Waals surface area contributed by atoms with E-state index in [1.807, 2.05) is 33.0 Å². The van der Waals surface area contributed by atoms with Gasteiger partial charge in [0.05, 0.1) is 29.1 Å². The molecule has 0 radical (unpaired) electrons. The van der Waals surface area contributed by atoms with E-state index in [1.54, 1.807) is 11.3 Å². The van der Waals surface area contributed by atoms with Gasteiger partial charge in [0.15, 0.2) is 0 Å². The number of hydrogen-bond acceptors (Lipinski definition) is 5. The van der Waals surface area contributed by atoms with Gasteiger partial charge in [-0.1, -0.05) is 24.3 Å². The van der Waals surface area contributed by atoms with Crippen molar-refractivity contribution in [3.63, 3.8) is 0 Å². The zero-order valence-electron chi connectivity index (χ0n) is 12.8. The molecule has 0 saturated heterocycles. The predicted octanol–water partition coefficient (Wildman–Crippen LogP) is 3.25. The van der Waals surface area contributed by atoms with E-state index in [9.17, 15) is 4.79 Å². The largest absolute Gasteiger partial charge is 0.469 e. The molecule has 4 nitrogen and oxygen atoms in total. The maximum absolute atomic E-state index is 11.4. The maximum Gasteiger partial charge on any atom is 0.307 e. The molecule has 1 aromatic heterocycles. The number of rotatable bonds is 5. The minimum Gasteiger partial charge on any atom is -0.469 e. The van der Waals surface area contributed by atoms with Crippen molar-refractivity contribution in [1.82, 2.24) is 10.3 Å². The van der Waals surface area contributed by atoms with Crippen LogP contribution in [0.1, 0.15) is 28.7 Å². The van der Waals surface area contributed by atoms with Gasteiger partial charge < -0.3 is 10.1 Å². The molecule has 0 fully saturated rings. The first-order chi connectivity index (χ1) is 10.0. The van der Waals surface area contributed by atoms with Crippen LogP contribution in [0, 0.1) is 13.8 Å². The van der Waals surface area contributed by atoms with Crippen LogP contribution >= 0.6 is 11.3 Å². The van der Waals surface area contributed by atoms with Crippen LogP contribution in [0.15, 0.2) is 24.3 Å². The first kappa shape index (κ1) is 15.7. The summed E-state index contributed by atoms with van der Waals surface area (Å²) in [5.74, 6) is -0.215. The highest BCUT2D eigenvalue weighted by atomic mass is 32.1. The molecule has 0 amide bonds. The van der Waals surface area contributed by atoms with Crippen molar-refractivity contribution in [2.24, 2.45) is 0 Å². The number of esters is 1. The second-order valence-corrected chi connectivity index (χ2v) is 6.09. The van der Waals surface area contributed by atoms with E-state index in [0.717, 1.165) is 21.8 Å². The second kappa shape index (κ2) is 6.83. The van der Waals surface area contributed by atoms with Gasteiger partial charge >= 0.3 is 5.97 Å². The number of aryl methyl sites for hydroxylation is 2. The first-order valence-electron chi connectivity index (χ1n) is 6.83. The predicted molar refractivity (Wildman–Crippen MR) is 85.5 cm³/mol. The number of carbonyl (C=O) groups is 1. The molecule has 1 N–H and O–H groups in total. The zero-order chi connectivity index (χ0) is 15.4. The molecule has 5 heteroatoms. The van der Waals surface area contributed by atoms with Crippen molar-refractivity contribution in [2.75, 3.05) is 14.2 Å². The van der Waals surface area contributed by atoms with Gasteiger partial charge in [-0.25, -0.2) is 4.98 Å². The molecule has 0 aliphatic carbocycles. The molecule has 112 valence electrons. The zero-order valence-corrected chi connectivity index (χ0v) is 13.6. The fourth-order valence-electron chi connectivity index (χ4n) is 2.30. The van der Waals surface area contributed by atoms with E-state index in [-0.39, 0.29) is 12.0 Å². The van der Waals surface area contributed by atoms with Gasteiger partial charge in [-0.3, -0.25) is 4.79 Å². The highest BCUT2D eigenvalue weighted by Gasteiger charge is 2.15. The van der Waals surface area contributed by atoms with Crippen molar-refractivity contribution in [1.29, 1.82) is 0 Å². The number of aromatic nitrogens is 1. The highest BCUT2D eigenvalue weighted by molar-refractivity contribution is 7.15. The molecule has 0 bridgehead atoms. The Morgan fingerprint density at radius 2 is 2.00 bits per heavy atom. The minimum absolute atomic E-state index is 0.0317. The van der Waals surface area contributed by atoms with Crippen molar-refractivity contribution in [3.05, 3.63) is 40.5 Å². The third-order valence-electron chi connectivity index (χ3n) is 3.43. The fraction of sp³-hybridized carbons (Fsp3) is 0.375. The Balaban J connectivity index is 2.21. The molecular formula is C16H20N2O2S. The molecule has 0 spiro atoms. The van der Waals surface area contributed by atoms with Crippen LogP contribution in [-0.4, -0.2) is 25.1 Å². The topological polar surface area (TPSA) is 51.2 Å². The molecule has 1 unspecified atom stereocenters. The summed E-state index contributed by atoms with van der Waals surface area (Å²) in [6.45, 7) is 4.04. The van der Waals surface area contributed by atoms with Crippen molar-refractivity contribution < 1.29 is 9.53 Å². The normalized spacial score (nSPS) is 12.2. The second-order valence-electron chi connectivity index (χ2n) is 4.89. The van der Waals surface area contributed by atoms with Gasteiger partial charge in [0.2, 0.25) is 0 Å². The van der Waals surface area contributed by atoms with E-state index in [2.05, 4.69) is 22.4 Å². The average molecular weight is 304 g/mol. The van der Waals surface area contributed by atoms with E-state index >= 15 is 0 Å². The summed E-state index contributed by atoms with van der Waals surface area (Å²) in [4.78, 5) is 17.1. The molecule has 2 aromatic rings. The Morgan fingerprint density at radius 3 is 2.48 bits per heavy atom. The Bertz CT molecular complexity index is 620. The highest BCUT2D eigenvalue weighted by Crippen LogP contribution is 2.30. The molecule has 1 heterocycles. The molecule has 21 heavy (non-hydrogen) atoms. The quantitative estimate of drug-likeness (QED) is 0.862. The van der Waals surface area contributed by atoms with Gasteiger partial charge in [-0.15, -0.1) is 11.3 Å². The molecule has 1 atom stereocenters. The summed E-state index contributed by atoms with van der Waals surface area (Å²) >= 11 is 1.70. The SMILES string of the molecule is CNC(CC(=O)OC)c1ccc(-c2sc(C)nc2C)cc1. The Kier molecular flexibility index (Phi) is 5.09. The number of ether oxygens (including phenoxy) is 1. The van der Waals surface area contributed by atoms with Crippen molar-refractivity contribution >= 4 is 17.3 Å². The smallest absolute Gasteiger partial charge is 0.307 e. The molecule has 2 rings (SSSR count). The number of carbonyl (C=O) groups excluding carboxylic acids is 1. The summed E-state index contributed by atoms with van der Waals surface area (Å²) in [5, 5.41) is 4.22. The monoisotopic (exact) mass is 304 g/mol. The first-order valence-corrected chi connectivity index (χ1v) is 7.65. The van der Waals surface area contributed by atoms with Crippen LogP contribution in [0.3, 0.4) is 0 Å². The van der Waals surface area contributed by atoms with E-state index in [1.165, 1.54) is 12.0 Å². The summed E-state index contributed by atoms with van der Waals surface area (Å²) < 4.78 is 4.73. The summed E-state index contributed by atoms with van der Waals surface area (Å²) in [6, 6.07) is 8.23. The van der Waals surface area contributed by atoms with Gasteiger partial charge in [0, 0.05) is 6.04 Å². The van der Waals surface area contributed by atoms with Crippen LogP contribution in [0.2, 0.25) is 0 Å². The number of nitrogens with one attached hydrogen (secondary N) is 1. The standard InChI is InChI=1S/C16H20N2O2S/c1-10-16(21-11(2)18-10)13-7-5-12(6-8-13)14(17-3)9-15(19)20-4/h5-8,14,17H,9H2,1-4H3. The lowest BCUT2D eigenvalue weighted by atomic mass is 10.0. The molecule has 0 aliphatic rings. The number of thiazole rings is 1. The van der Waals surface area contributed by atoms with Crippen LogP contribution < -0.4 is 5.32 Å². The third-order valence-corrected chi connectivity index (χ3v) is 4.55. The lowest BCUT2D eigenvalue weighted by molar-refractivity contribution is -0.141. The molecule has 1 aromatic carbocycles. The molecule has 0 saturated carbocycles. The van der Waals surface area contributed by atoms with Crippen LogP contribution in [0.25, 0.3) is 10.4 Å². The van der Waals surface area contributed by atoms with Gasteiger partial charge in [0.1, 0.15) is 0 Å². The van der Waals surface area contributed by atoms with Crippen LogP contribution in [0.4, 0.5) is 0 Å². The minimum atomic E-state index is -0.215. The lowest BCUT2D eigenvalue weighted by Gasteiger charge is -2.15. The number of nitrogens with zero attached hydrogens (tertiary/aromatic N) is 1. The Morgan fingerprint density at radius 1 is 1.33 bits per heavy atom. The maximum atomic E-state index is 11.4. The van der Waals surface area contributed by atoms with Crippen LogP contribution in [0.5, 0.6) is 0 Å². The fourth-order valence-corrected chi connectivity index (χ4v) is 3.23.